The molecule has 3 aromatic carbocycles. The molecule has 140 valence electrons. The van der Waals surface area contributed by atoms with Crippen LogP contribution in [0.15, 0.2) is 91.0 Å². The van der Waals surface area contributed by atoms with Crippen molar-refractivity contribution in [1.82, 2.24) is 10.2 Å². The lowest BCUT2D eigenvalue weighted by atomic mass is 9.75. The predicted octanol–water partition coefficient (Wildman–Crippen LogP) is 4.69. The van der Waals surface area contributed by atoms with Crippen molar-refractivity contribution in [3.8, 4) is 0 Å². The van der Waals surface area contributed by atoms with E-state index in [9.17, 15) is 0 Å². The molecule has 0 radical (unpaired) electrons. The van der Waals surface area contributed by atoms with Gasteiger partial charge in [-0.1, -0.05) is 91.0 Å². The fraction of sp³-hybridized carbons (Fsp3) is 0.250. The maximum atomic E-state index is 3.60. The minimum absolute atomic E-state index is 0. The molecule has 3 aromatic rings. The number of piperazine rings is 1. The Labute approximate surface area is 168 Å². The normalized spacial score (nSPS) is 17.9. The molecule has 0 spiro atoms. The summed E-state index contributed by atoms with van der Waals surface area (Å²) >= 11 is 0. The molecule has 1 atom stereocenters. The lowest BCUT2D eigenvalue weighted by Gasteiger charge is -2.48. The number of nitrogens with one attached hydrogen (secondary N) is 1. The van der Waals surface area contributed by atoms with Crippen LogP contribution in [-0.2, 0) is 5.54 Å². The van der Waals surface area contributed by atoms with Crippen LogP contribution < -0.4 is 5.32 Å². The Hall–Kier alpha value is -2.13. The lowest BCUT2D eigenvalue weighted by molar-refractivity contribution is 0.115. The highest BCUT2D eigenvalue weighted by molar-refractivity contribution is 5.85. The number of hydrogen-bond donors (Lipinski definition) is 1. The molecule has 0 unspecified atom stereocenters. The van der Waals surface area contributed by atoms with Gasteiger partial charge in [-0.15, -0.1) is 12.4 Å². The number of benzene rings is 3. The molecule has 1 aliphatic heterocycles. The van der Waals surface area contributed by atoms with Gasteiger partial charge in [0.25, 0.3) is 0 Å². The predicted molar refractivity (Wildman–Crippen MR) is 115 cm³/mol. The van der Waals surface area contributed by atoms with E-state index in [1.165, 1.54) is 16.7 Å². The number of rotatable bonds is 4. The van der Waals surface area contributed by atoms with Gasteiger partial charge in [-0.3, -0.25) is 4.90 Å². The number of hydrogen-bond acceptors (Lipinski definition) is 2. The summed E-state index contributed by atoms with van der Waals surface area (Å²) in [5, 5.41) is 3.60. The molecular formula is C24H27ClN2. The Morgan fingerprint density at radius 2 is 1.15 bits per heavy atom. The molecule has 0 saturated carbocycles. The van der Waals surface area contributed by atoms with E-state index in [0.717, 1.165) is 19.6 Å². The molecule has 0 bridgehead atoms. The first-order chi connectivity index (χ1) is 12.8. The van der Waals surface area contributed by atoms with Crippen LogP contribution in [0.2, 0.25) is 0 Å². The number of halogens is 1. The molecule has 2 nitrogen and oxygen atoms in total. The van der Waals surface area contributed by atoms with E-state index in [2.05, 4.69) is 108 Å². The Balaban J connectivity index is 0.00000210. The Kier molecular flexibility index (Phi) is 6.33. The third-order valence-corrected chi connectivity index (χ3v) is 5.42. The fourth-order valence-electron chi connectivity index (χ4n) is 4.32. The lowest BCUT2D eigenvalue weighted by Crippen LogP contribution is -2.58. The molecule has 27 heavy (non-hydrogen) atoms. The summed E-state index contributed by atoms with van der Waals surface area (Å²) in [5.41, 5.74) is 3.70. The van der Waals surface area contributed by atoms with Crippen molar-refractivity contribution in [1.29, 1.82) is 0 Å². The van der Waals surface area contributed by atoms with E-state index >= 15 is 0 Å². The van der Waals surface area contributed by atoms with Crippen LogP contribution in [0, 0.1) is 0 Å². The molecule has 1 N–H and O–H groups in total. The van der Waals surface area contributed by atoms with Crippen LogP contribution in [-0.4, -0.2) is 30.6 Å². The first-order valence-electron chi connectivity index (χ1n) is 9.47. The Bertz CT molecular complexity index is 724. The molecule has 1 fully saturated rings. The number of nitrogens with zero attached hydrogens (tertiary/aromatic N) is 1. The van der Waals surface area contributed by atoms with E-state index in [4.69, 9.17) is 0 Å². The molecule has 0 aromatic heterocycles. The highest BCUT2D eigenvalue weighted by Crippen LogP contribution is 2.42. The summed E-state index contributed by atoms with van der Waals surface area (Å²) < 4.78 is 0. The smallest absolute Gasteiger partial charge is 0.0973 e. The Morgan fingerprint density at radius 1 is 0.741 bits per heavy atom. The average Bonchev–Trinajstić information content (AvgIpc) is 2.71. The third kappa shape index (κ3) is 3.66. The molecule has 4 rings (SSSR count). The van der Waals surface area contributed by atoms with Gasteiger partial charge >= 0.3 is 0 Å². The van der Waals surface area contributed by atoms with Gasteiger partial charge in [0.2, 0.25) is 0 Å². The quantitative estimate of drug-likeness (QED) is 0.662. The van der Waals surface area contributed by atoms with Crippen molar-refractivity contribution in [2.24, 2.45) is 0 Å². The fourth-order valence-corrected chi connectivity index (χ4v) is 4.32. The van der Waals surface area contributed by atoms with Gasteiger partial charge in [0.1, 0.15) is 0 Å². The standard InChI is InChI=1S/C24H26N2.ClH/c1-20-19-26(18-17-25-20)24(21-11-5-2-6-12-21,22-13-7-3-8-14-22)23-15-9-4-10-16-23;/h2-16,20,25H,17-19H2,1H3;1H/t20-;/m0./s1. The second kappa shape index (κ2) is 8.71. The Morgan fingerprint density at radius 3 is 1.52 bits per heavy atom. The molecule has 3 heteroatoms. The van der Waals surface area contributed by atoms with E-state index in [-0.39, 0.29) is 17.9 Å². The van der Waals surface area contributed by atoms with E-state index in [1.54, 1.807) is 0 Å². The van der Waals surface area contributed by atoms with Gasteiger partial charge < -0.3 is 5.32 Å². The molecule has 1 heterocycles. The zero-order chi connectivity index (χ0) is 17.8. The molecule has 0 aliphatic carbocycles. The maximum Gasteiger partial charge on any atom is 0.0973 e. The van der Waals surface area contributed by atoms with Crippen LogP contribution in [0.4, 0.5) is 0 Å². The van der Waals surface area contributed by atoms with Crippen LogP contribution >= 0.6 is 12.4 Å². The third-order valence-electron chi connectivity index (χ3n) is 5.42. The van der Waals surface area contributed by atoms with Gasteiger partial charge in [-0.25, -0.2) is 0 Å². The van der Waals surface area contributed by atoms with Crippen LogP contribution in [0.3, 0.4) is 0 Å². The van der Waals surface area contributed by atoms with Gasteiger partial charge in [-0.05, 0) is 23.6 Å². The summed E-state index contributed by atoms with van der Waals surface area (Å²) in [7, 11) is 0. The van der Waals surface area contributed by atoms with Gasteiger partial charge in [0.15, 0.2) is 0 Å². The van der Waals surface area contributed by atoms with Gasteiger partial charge in [0.05, 0.1) is 5.54 Å². The van der Waals surface area contributed by atoms with Crippen molar-refractivity contribution < 1.29 is 0 Å². The molecule has 1 aliphatic rings. The second-order valence-electron chi connectivity index (χ2n) is 7.11. The summed E-state index contributed by atoms with van der Waals surface area (Å²) in [6.45, 7) is 5.31. The largest absolute Gasteiger partial charge is 0.312 e. The summed E-state index contributed by atoms with van der Waals surface area (Å²) in [6.07, 6.45) is 0. The minimum atomic E-state index is -0.278. The van der Waals surface area contributed by atoms with Crippen LogP contribution in [0.5, 0.6) is 0 Å². The van der Waals surface area contributed by atoms with Crippen molar-refractivity contribution in [3.05, 3.63) is 108 Å². The van der Waals surface area contributed by atoms with Gasteiger partial charge in [0, 0.05) is 25.7 Å². The first-order valence-corrected chi connectivity index (χ1v) is 9.47. The SMILES string of the molecule is C[C@H]1CN(C(c2ccccc2)(c2ccccc2)c2ccccc2)CCN1.Cl. The van der Waals surface area contributed by atoms with E-state index < -0.39 is 0 Å². The molecule has 1 saturated heterocycles. The molecular weight excluding hydrogens is 352 g/mol. The van der Waals surface area contributed by atoms with Crippen molar-refractivity contribution in [3.63, 3.8) is 0 Å². The van der Waals surface area contributed by atoms with Crippen molar-refractivity contribution >= 4 is 12.4 Å². The topological polar surface area (TPSA) is 15.3 Å². The van der Waals surface area contributed by atoms with Crippen LogP contribution in [0.25, 0.3) is 0 Å². The van der Waals surface area contributed by atoms with E-state index in [0.29, 0.717) is 6.04 Å². The monoisotopic (exact) mass is 378 g/mol. The van der Waals surface area contributed by atoms with Crippen molar-refractivity contribution in [2.45, 2.75) is 18.5 Å². The summed E-state index contributed by atoms with van der Waals surface area (Å²) in [4.78, 5) is 2.65. The highest BCUT2D eigenvalue weighted by Gasteiger charge is 2.43. The zero-order valence-corrected chi connectivity index (χ0v) is 16.5. The van der Waals surface area contributed by atoms with Gasteiger partial charge in [-0.2, -0.15) is 0 Å². The van der Waals surface area contributed by atoms with Crippen molar-refractivity contribution in [2.75, 3.05) is 19.6 Å². The van der Waals surface area contributed by atoms with E-state index in [1.807, 2.05) is 0 Å². The van der Waals surface area contributed by atoms with Crippen LogP contribution in [0.1, 0.15) is 23.6 Å². The average molecular weight is 379 g/mol. The summed E-state index contributed by atoms with van der Waals surface area (Å²) in [6, 6.07) is 33.3. The minimum Gasteiger partial charge on any atom is -0.312 e. The molecule has 0 amide bonds. The highest BCUT2D eigenvalue weighted by atomic mass is 35.5. The summed E-state index contributed by atoms with van der Waals surface area (Å²) in [5.74, 6) is 0. The maximum absolute atomic E-state index is 3.60. The first kappa shape index (κ1) is 19.6. The zero-order valence-electron chi connectivity index (χ0n) is 15.7. The second-order valence-corrected chi connectivity index (χ2v) is 7.11.